The number of hydrogen-bond acceptors (Lipinski definition) is 4. The lowest BCUT2D eigenvalue weighted by Gasteiger charge is -2.37. The lowest BCUT2D eigenvalue weighted by atomic mass is 9.67. The summed E-state index contributed by atoms with van der Waals surface area (Å²) in [4.78, 5) is 4.75. The van der Waals surface area contributed by atoms with E-state index in [2.05, 4.69) is 267 Å². The van der Waals surface area contributed by atoms with Crippen molar-refractivity contribution >= 4 is 99.5 Å². The quantitative estimate of drug-likeness (QED) is 0.142. The Bertz CT molecular complexity index is 4610. The molecule has 0 aliphatic heterocycles. The fourth-order valence-corrected chi connectivity index (χ4v) is 12.5. The number of aryl methyl sites for hydroxylation is 1. The van der Waals surface area contributed by atoms with Crippen LogP contribution in [-0.2, 0) is 5.41 Å². The molecular formula is C72H50N2O2. The highest BCUT2D eigenvalue weighted by molar-refractivity contribution is 6.20. The van der Waals surface area contributed by atoms with E-state index >= 15 is 0 Å². The Balaban J connectivity index is 0.909. The Morgan fingerprint density at radius 1 is 0.329 bits per heavy atom. The van der Waals surface area contributed by atoms with Gasteiger partial charge in [0.15, 0.2) is 11.2 Å². The highest BCUT2D eigenvalue weighted by atomic mass is 16.3. The second-order valence-electron chi connectivity index (χ2n) is 20.8. The lowest BCUT2D eigenvalue weighted by Crippen LogP contribution is -2.25. The number of nitrogens with zero attached hydrogens (tertiary/aromatic N) is 2. The molecule has 0 fully saturated rings. The SMILES string of the molecule is Cc1c2c3c(cccc3c3cc(N(c4ccc(-c5ccccc5)cc4)c4cccc5c4oc4ccccc45)ccc13)C(C)(C)c1cc(N(c3ccc(-c4ccccc4)cc3)c3cccc4c3oc3ccccc34)ccc1-2. The molecule has 2 aromatic heterocycles. The molecule has 0 saturated heterocycles. The van der Waals surface area contributed by atoms with E-state index in [0.717, 1.165) is 78.0 Å². The van der Waals surface area contributed by atoms with E-state index < -0.39 is 0 Å². The van der Waals surface area contributed by atoms with Crippen LogP contribution < -0.4 is 9.80 Å². The van der Waals surface area contributed by atoms with Crippen LogP contribution in [0.25, 0.3) is 98.8 Å². The number of para-hydroxylation sites is 4. The third kappa shape index (κ3) is 6.70. The summed E-state index contributed by atoms with van der Waals surface area (Å²) in [5.74, 6) is 0. The molecule has 1 aliphatic rings. The smallest absolute Gasteiger partial charge is 0.159 e. The van der Waals surface area contributed by atoms with E-state index in [0.29, 0.717) is 0 Å². The maximum absolute atomic E-state index is 6.77. The van der Waals surface area contributed by atoms with Gasteiger partial charge in [-0.1, -0.05) is 190 Å². The summed E-state index contributed by atoms with van der Waals surface area (Å²) in [6.07, 6.45) is 0. The van der Waals surface area contributed by atoms with Gasteiger partial charge >= 0.3 is 0 Å². The van der Waals surface area contributed by atoms with Crippen LogP contribution >= 0.6 is 0 Å². The van der Waals surface area contributed by atoms with Crippen molar-refractivity contribution < 1.29 is 8.83 Å². The zero-order valence-corrected chi connectivity index (χ0v) is 42.4. The van der Waals surface area contributed by atoms with Gasteiger partial charge in [0.25, 0.3) is 0 Å². The highest BCUT2D eigenvalue weighted by Gasteiger charge is 2.36. The summed E-state index contributed by atoms with van der Waals surface area (Å²) in [5.41, 5.74) is 20.5. The van der Waals surface area contributed by atoms with Crippen molar-refractivity contribution in [3.05, 3.63) is 265 Å². The van der Waals surface area contributed by atoms with Crippen molar-refractivity contribution in [2.75, 3.05) is 9.80 Å². The normalized spacial score (nSPS) is 12.8. The zero-order chi connectivity index (χ0) is 50.6. The molecule has 0 spiro atoms. The molecule has 0 N–H and O–H groups in total. The predicted octanol–water partition coefficient (Wildman–Crippen LogP) is 20.7. The Kier molecular flexibility index (Phi) is 9.79. The largest absolute Gasteiger partial charge is 0.454 e. The van der Waals surface area contributed by atoms with Crippen molar-refractivity contribution in [1.82, 2.24) is 0 Å². The van der Waals surface area contributed by atoms with Crippen LogP contribution in [-0.4, -0.2) is 0 Å². The summed E-state index contributed by atoms with van der Waals surface area (Å²) in [5, 5.41) is 9.42. The molecule has 14 aromatic rings. The summed E-state index contributed by atoms with van der Waals surface area (Å²) >= 11 is 0. The molecule has 1 aliphatic carbocycles. The van der Waals surface area contributed by atoms with Gasteiger partial charge in [0.1, 0.15) is 11.2 Å². The summed E-state index contributed by atoms with van der Waals surface area (Å²) in [6.45, 7) is 7.12. The van der Waals surface area contributed by atoms with Gasteiger partial charge in [-0.05, 0) is 151 Å². The first kappa shape index (κ1) is 43.9. The van der Waals surface area contributed by atoms with E-state index in [4.69, 9.17) is 8.83 Å². The lowest BCUT2D eigenvalue weighted by molar-refractivity contribution is 0.645. The molecule has 0 unspecified atom stereocenters. The maximum atomic E-state index is 6.77. The first-order chi connectivity index (χ1) is 37.4. The number of rotatable bonds is 8. The van der Waals surface area contributed by atoms with Crippen molar-refractivity contribution in [3.8, 4) is 33.4 Å². The van der Waals surface area contributed by atoms with Crippen LogP contribution in [0.3, 0.4) is 0 Å². The van der Waals surface area contributed by atoms with Crippen LogP contribution in [0.5, 0.6) is 0 Å². The minimum Gasteiger partial charge on any atom is -0.454 e. The van der Waals surface area contributed by atoms with E-state index in [1.165, 1.54) is 71.6 Å². The molecule has 12 aromatic carbocycles. The van der Waals surface area contributed by atoms with E-state index in [9.17, 15) is 0 Å². The average molecular weight is 975 g/mol. The topological polar surface area (TPSA) is 32.8 Å². The predicted molar refractivity (Wildman–Crippen MR) is 319 cm³/mol. The van der Waals surface area contributed by atoms with Gasteiger partial charge in [0, 0.05) is 49.7 Å². The number of fused-ring (bicyclic) bond motifs is 10. The van der Waals surface area contributed by atoms with E-state index in [-0.39, 0.29) is 5.41 Å². The first-order valence-corrected chi connectivity index (χ1v) is 26.2. The van der Waals surface area contributed by atoms with Gasteiger partial charge in [-0.3, -0.25) is 0 Å². The van der Waals surface area contributed by atoms with Gasteiger partial charge in [-0.2, -0.15) is 0 Å². The second kappa shape index (κ2) is 17.0. The van der Waals surface area contributed by atoms with Crippen molar-refractivity contribution in [1.29, 1.82) is 0 Å². The number of furan rings is 2. The van der Waals surface area contributed by atoms with Crippen molar-refractivity contribution in [2.24, 2.45) is 0 Å². The minimum atomic E-state index is -0.354. The van der Waals surface area contributed by atoms with Crippen LogP contribution in [0.15, 0.2) is 258 Å². The first-order valence-electron chi connectivity index (χ1n) is 26.2. The Labute approximate surface area is 440 Å². The van der Waals surface area contributed by atoms with Gasteiger partial charge < -0.3 is 18.6 Å². The summed E-state index contributed by atoms with van der Waals surface area (Å²) < 4.78 is 13.5. The van der Waals surface area contributed by atoms with E-state index in [1.807, 2.05) is 12.1 Å². The minimum absolute atomic E-state index is 0.354. The molecule has 0 atom stereocenters. The molecule has 0 bridgehead atoms. The molecule has 2 heterocycles. The van der Waals surface area contributed by atoms with Gasteiger partial charge in [0.2, 0.25) is 0 Å². The Hall–Kier alpha value is -9.64. The number of anilines is 6. The van der Waals surface area contributed by atoms with Gasteiger partial charge in [-0.15, -0.1) is 0 Å². The summed E-state index contributed by atoms with van der Waals surface area (Å²) in [7, 11) is 0. The van der Waals surface area contributed by atoms with Crippen molar-refractivity contribution in [3.63, 3.8) is 0 Å². The van der Waals surface area contributed by atoms with E-state index in [1.54, 1.807) is 0 Å². The zero-order valence-electron chi connectivity index (χ0n) is 42.4. The molecular weight excluding hydrogens is 925 g/mol. The molecule has 15 rings (SSSR count). The monoisotopic (exact) mass is 974 g/mol. The molecule has 4 heteroatoms. The number of hydrogen-bond donors (Lipinski definition) is 0. The fourth-order valence-electron chi connectivity index (χ4n) is 12.5. The molecule has 0 saturated carbocycles. The third-order valence-electron chi connectivity index (χ3n) is 16.2. The Morgan fingerprint density at radius 2 is 0.776 bits per heavy atom. The molecule has 0 radical (unpaired) electrons. The number of benzene rings is 12. The van der Waals surface area contributed by atoms with Crippen LogP contribution in [0.1, 0.15) is 30.5 Å². The molecule has 0 amide bonds. The van der Waals surface area contributed by atoms with Crippen LogP contribution in [0.2, 0.25) is 0 Å². The molecule has 4 nitrogen and oxygen atoms in total. The third-order valence-corrected chi connectivity index (χ3v) is 16.2. The average Bonchev–Trinajstić information content (AvgIpc) is 4.20. The highest BCUT2D eigenvalue weighted by Crippen LogP contribution is 2.55. The van der Waals surface area contributed by atoms with Crippen molar-refractivity contribution in [2.45, 2.75) is 26.2 Å². The maximum Gasteiger partial charge on any atom is 0.159 e. The summed E-state index contributed by atoms with van der Waals surface area (Å²) in [6, 6.07) is 89.9. The van der Waals surface area contributed by atoms with Crippen LogP contribution in [0.4, 0.5) is 34.1 Å². The van der Waals surface area contributed by atoms with Crippen LogP contribution in [0, 0.1) is 6.92 Å². The second-order valence-corrected chi connectivity index (χ2v) is 20.8. The van der Waals surface area contributed by atoms with Gasteiger partial charge in [0.05, 0.1) is 11.4 Å². The van der Waals surface area contributed by atoms with Gasteiger partial charge in [-0.25, -0.2) is 0 Å². The Morgan fingerprint density at radius 3 is 1.34 bits per heavy atom. The standard InChI is InChI=1S/C72H50N2O2/c1-45-54-41-39-52(73(50-35-31-48(32-36-50)46-17-6-4-7-18-46)64-27-15-24-58-55-21-10-12-29-66(55)75-70(58)64)43-61(54)57-23-14-26-62-69(57)68(45)60-42-40-53(44-63(60)72(62,2)3)74(51-37-33-49(34-38-51)47-19-8-5-9-20-47)65-28-16-25-59-56-22-11-13-30-67(56)76-71(59)65/h4-44H,1-3H3. The molecule has 76 heavy (non-hydrogen) atoms. The fraction of sp³-hybridized carbons (Fsp3) is 0.0556. The molecule has 360 valence electrons.